The van der Waals surface area contributed by atoms with E-state index in [1.54, 1.807) is 0 Å². The number of aliphatic imine (C=N–C) groups is 1. The maximum absolute atomic E-state index is 12.1. The summed E-state index contributed by atoms with van der Waals surface area (Å²) < 4.78 is 11.9. The number of aryl methyl sites for hydroxylation is 1. The Labute approximate surface area is 182 Å². The molecule has 5 nitrogen and oxygen atoms in total. The quantitative estimate of drug-likeness (QED) is 0.306. The van der Waals surface area contributed by atoms with Crippen LogP contribution < -0.4 is 10.6 Å². The first kappa shape index (κ1) is 23.9. The molecule has 7 heteroatoms. The zero-order valence-electron chi connectivity index (χ0n) is 17.0. The highest BCUT2D eigenvalue weighted by molar-refractivity contribution is 14.0. The molecule has 1 aromatic carbocycles. The minimum Gasteiger partial charge on any atom is -0.361 e. The van der Waals surface area contributed by atoms with Crippen LogP contribution in [-0.4, -0.2) is 45.3 Å². The van der Waals surface area contributed by atoms with Crippen molar-refractivity contribution in [1.29, 1.82) is 0 Å². The van der Waals surface area contributed by atoms with Gasteiger partial charge in [0.1, 0.15) is 0 Å². The van der Waals surface area contributed by atoms with E-state index in [0.717, 1.165) is 25.5 Å². The number of benzene rings is 1. The van der Waals surface area contributed by atoms with Crippen LogP contribution in [-0.2, 0) is 17.2 Å². The number of nitrogens with zero attached hydrogens (tertiary/aromatic N) is 1. The molecule has 1 unspecified atom stereocenters. The summed E-state index contributed by atoms with van der Waals surface area (Å²) in [6, 6.07) is 6.34. The van der Waals surface area contributed by atoms with Crippen LogP contribution in [0.1, 0.15) is 38.8 Å². The molecule has 0 aliphatic heterocycles. The second-order valence-electron chi connectivity index (χ2n) is 7.41. The van der Waals surface area contributed by atoms with Crippen molar-refractivity contribution in [1.82, 2.24) is 15.6 Å². The van der Waals surface area contributed by atoms with Crippen molar-refractivity contribution in [2.24, 2.45) is 4.99 Å². The number of halogens is 1. The number of aromatic nitrogens is 1. The lowest BCUT2D eigenvalue weighted by molar-refractivity contribution is 0.648. The summed E-state index contributed by atoms with van der Waals surface area (Å²) in [4.78, 5) is 7.90. The van der Waals surface area contributed by atoms with Gasteiger partial charge in [0.15, 0.2) is 5.96 Å². The Kier molecular flexibility index (Phi) is 9.80. The van der Waals surface area contributed by atoms with Crippen molar-refractivity contribution in [2.45, 2.75) is 45.8 Å². The molecule has 1 aromatic heterocycles. The number of hydrogen-bond acceptors (Lipinski definition) is 2. The lowest BCUT2D eigenvalue weighted by Gasteiger charge is -2.17. The molecule has 3 N–H and O–H groups in total. The van der Waals surface area contributed by atoms with Gasteiger partial charge >= 0.3 is 0 Å². The summed E-state index contributed by atoms with van der Waals surface area (Å²) in [6.07, 6.45) is 3.01. The second-order valence-corrected chi connectivity index (χ2v) is 9.73. The van der Waals surface area contributed by atoms with E-state index >= 15 is 0 Å². The van der Waals surface area contributed by atoms with Gasteiger partial charge in [-0.15, -0.1) is 24.0 Å². The third-order valence-corrected chi connectivity index (χ3v) is 6.18. The van der Waals surface area contributed by atoms with E-state index < -0.39 is 10.8 Å². The molecule has 2 aromatic rings. The maximum Gasteiger partial charge on any atom is 0.191 e. The maximum atomic E-state index is 12.1. The fourth-order valence-electron chi connectivity index (χ4n) is 2.85. The van der Waals surface area contributed by atoms with Crippen molar-refractivity contribution in [2.75, 3.05) is 25.4 Å². The average Bonchev–Trinajstić information content (AvgIpc) is 2.98. The number of rotatable bonds is 7. The van der Waals surface area contributed by atoms with Gasteiger partial charge < -0.3 is 15.6 Å². The molecule has 2 rings (SSSR count). The van der Waals surface area contributed by atoms with Gasteiger partial charge in [-0.05, 0) is 58.2 Å². The third kappa shape index (κ3) is 7.10. The van der Waals surface area contributed by atoms with Gasteiger partial charge in [0.2, 0.25) is 0 Å². The number of fused-ring (bicyclic) bond motifs is 1. The summed E-state index contributed by atoms with van der Waals surface area (Å²) in [7, 11) is -0.873. The van der Waals surface area contributed by atoms with E-state index in [0.29, 0.717) is 12.3 Å². The van der Waals surface area contributed by atoms with Crippen LogP contribution in [0.4, 0.5) is 0 Å². The Bertz CT molecular complexity index is 780. The van der Waals surface area contributed by atoms with Crippen LogP contribution in [0.15, 0.2) is 29.4 Å². The zero-order valence-corrected chi connectivity index (χ0v) is 20.2. The molecule has 0 amide bonds. The smallest absolute Gasteiger partial charge is 0.191 e. The molecule has 0 saturated carbocycles. The Morgan fingerprint density at radius 2 is 2.00 bits per heavy atom. The highest BCUT2D eigenvalue weighted by Crippen LogP contribution is 2.22. The largest absolute Gasteiger partial charge is 0.361 e. The van der Waals surface area contributed by atoms with Gasteiger partial charge in [-0.2, -0.15) is 0 Å². The van der Waals surface area contributed by atoms with Crippen LogP contribution >= 0.6 is 24.0 Å². The minimum atomic E-state index is -0.873. The van der Waals surface area contributed by atoms with Crippen LogP contribution in [0.2, 0.25) is 0 Å². The number of H-pyrrole nitrogens is 1. The molecule has 1 heterocycles. The number of guanidine groups is 1. The number of nitrogens with one attached hydrogen (secondary N) is 3. The number of aromatic amines is 1. The monoisotopic (exact) mass is 504 g/mol. The minimum absolute atomic E-state index is 0. The molecule has 0 aliphatic carbocycles. The molecule has 0 saturated heterocycles. The van der Waals surface area contributed by atoms with E-state index in [-0.39, 0.29) is 28.7 Å². The van der Waals surface area contributed by atoms with Crippen molar-refractivity contribution in [3.63, 3.8) is 0 Å². The lowest BCUT2D eigenvalue weighted by Crippen LogP contribution is -2.38. The van der Waals surface area contributed by atoms with Gasteiger partial charge in [0.05, 0.1) is 6.54 Å². The van der Waals surface area contributed by atoms with Crippen molar-refractivity contribution in [3.8, 4) is 0 Å². The molecule has 0 radical (unpaired) electrons. The van der Waals surface area contributed by atoms with E-state index in [2.05, 4.69) is 51.9 Å². The Balaban J connectivity index is 0.00000364. The van der Waals surface area contributed by atoms with Crippen molar-refractivity contribution in [3.05, 3.63) is 35.5 Å². The van der Waals surface area contributed by atoms with E-state index in [4.69, 9.17) is 0 Å². The molecule has 0 bridgehead atoms. The predicted octanol–water partition coefficient (Wildman–Crippen LogP) is 3.74. The van der Waals surface area contributed by atoms with Crippen LogP contribution in [0.5, 0.6) is 0 Å². The average molecular weight is 504 g/mol. The summed E-state index contributed by atoms with van der Waals surface area (Å²) >= 11 is 0. The lowest BCUT2D eigenvalue weighted by atomic mass is 10.1. The van der Waals surface area contributed by atoms with Gasteiger partial charge in [-0.25, -0.2) is 0 Å². The van der Waals surface area contributed by atoms with Crippen LogP contribution in [0, 0.1) is 6.92 Å². The Morgan fingerprint density at radius 1 is 1.26 bits per heavy atom. The fourth-order valence-corrected chi connectivity index (χ4v) is 3.72. The van der Waals surface area contributed by atoms with E-state index in [1.165, 1.54) is 22.0 Å². The first-order chi connectivity index (χ1) is 12.3. The van der Waals surface area contributed by atoms with Gasteiger partial charge in [-0.1, -0.05) is 12.1 Å². The van der Waals surface area contributed by atoms with E-state index in [9.17, 15) is 4.21 Å². The fraction of sp³-hybridized carbons (Fsp3) is 0.550. The zero-order chi connectivity index (χ0) is 19.2. The van der Waals surface area contributed by atoms with Gasteiger partial charge in [-0.3, -0.25) is 9.20 Å². The molecular weight excluding hydrogens is 471 g/mol. The molecule has 0 aliphatic rings. The topological polar surface area (TPSA) is 69.3 Å². The molecule has 0 fully saturated rings. The molecular formula is C20H33IN4OS. The third-order valence-electron chi connectivity index (χ3n) is 4.26. The van der Waals surface area contributed by atoms with Crippen molar-refractivity contribution < 1.29 is 4.21 Å². The Morgan fingerprint density at radius 3 is 2.67 bits per heavy atom. The summed E-state index contributed by atoms with van der Waals surface area (Å²) in [5.41, 5.74) is 3.80. The standard InChI is InChI=1S/C20H32N4OS.HI/c1-6-21-19(23-12-13-26(25)20(3,4)5)22-11-10-16-14-24-17-9-7-8-15(2)18(16)17;/h7-9,14,24H,6,10-13H2,1-5H3,(H2,21,22,23);1H. The molecule has 0 spiro atoms. The molecule has 27 heavy (non-hydrogen) atoms. The highest BCUT2D eigenvalue weighted by atomic mass is 127. The Hall–Kier alpha value is -1.09. The van der Waals surface area contributed by atoms with Crippen LogP contribution in [0.25, 0.3) is 10.9 Å². The summed E-state index contributed by atoms with van der Waals surface area (Å²) in [5, 5.41) is 7.95. The van der Waals surface area contributed by atoms with E-state index in [1.807, 2.05) is 27.7 Å². The normalized spacial score (nSPS) is 13.3. The molecule has 152 valence electrons. The highest BCUT2D eigenvalue weighted by Gasteiger charge is 2.18. The number of hydrogen-bond donors (Lipinski definition) is 3. The van der Waals surface area contributed by atoms with Gasteiger partial charge in [0, 0.05) is 51.5 Å². The molecule has 1 atom stereocenters. The van der Waals surface area contributed by atoms with Crippen LogP contribution in [0.3, 0.4) is 0 Å². The van der Waals surface area contributed by atoms with Crippen molar-refractivity contribution >= 4 is 51.6 Å². The first-order valence-electron chi connectivity index (χ1n) is 9.29. The SMILES string of the molecule is CCNC(=NCCS(=O)C(C)(C)C)NCCc1c[nH]c2cccc(C)c12.I. The summed E-state index contributed by atoms with van der Waals surface area (Å²) in [6.45, 7) is 12.4. The summed E-state index contributed by atoms with van der Waals surface area (Å²) in [5.74, 6) is 1.37. The predicted molar refractivity (Wildman–Crippen MR) is 129 cm³/mol. The van der Waals surface area contributed by atoms with Gasteiger partial charge in [0.25, 0.3) is 0 Å². The second kappa shape index (κ2) is 11.0. The first-order valence-corrected chi connectivity index (χ1v) is 10.6.